The van der Waals surface area contributed by atoms with E-state index in [0.717, 1.165) is 4.43 Å². The van der Waals surface area contributed by atoms with Crippen LogP contribution in [0.4, 0.5) is 0 Å². The van der Waals surface area contributed by atoms with Crippen molar-refractivity contribution in [3.05, 3.63) is 59.7 Å². The first-order valence-corrected chi connectivity index (χ1v) is 6.55. The van der Waals surface area contributed by atoms with Crippen LogP contribution in [-0.4, -0.2) is 0 Å². The summed E-state index contributed by atoms with van der Waals surface area (Å²) in [4.78, 5) is 0. The van der Waals surface area contributed by atoms with E-state index in [1.807, 2.05) is 0 Å². The van der Waals surface area contributed by atoms with Crippen LogP contribution in [-0.2, 0) is 4.43 Å². The lowest BCUT2D eigenvalue weighted by Crippen LogP contribution is -1.87. The van der Waals surface area contributed by atoms with E-state index >= 15 is 0 Å². The molecule has 0 spiro atoms. The normalized spacial score (nSPS) is 10.3. The molecular formula is C14H13I. The molecule has 15 heavy (non-hydrogen) atoms. The lowest BCUT2D eigenvalue weighted by molar-refractivity contribution is 1.40. The Morgan fingerprint density at radius 2 is 1.47 bits per heavy atom. The summed E-state index contributed by atoms with van der Waals surface area (Å²) in [6.45, 7) is 2.17. The Bertz CT molecular complexity index is 460. The largest absolute Gasteiger partial charge is 0.0812 e. The second-order valence-corrected chi connectivity index (χ2v) is 4.37. The first-order valence-electron chi connectivity index (χ1n) is 5.03. The van der Waals surface area contributed by atoms with E-state index in [-0.39, 0.29) is 0 Å². The summed E-state index contributed by atoms with van der Waals surface area (Å²) in [5.41, 5.74) is 5.47. The van der Waals surface area contributed by atoms with E-state index < -0.39 is 0 Å². The fraction of sp³-hybridized carbons (Fsp3) is 0.143. The van der Waals surface area contributed by atoms with Crippen molar-refractivity contribution in [2.75, 3.05) is 0 Å². The van der Waals surface area contributed by atoms with Crippen molar-refractivity contribution in [1.29, 1.82) is 0 Å². The predicted molar refractivity (Wildman–Crippen MR) is 74.3 cm³/mol. The quantitative estimate of drug-likeness (QED) is 0.562. The summed E-state index contributed by atoms with van der Waals surface area (Å²) >= 11 is 2.42. The minimum Gasteiger partial charge on any atom is -0.0812 e. The highest BCUT2D eigenvalue weighted by molar-refractivity contribution is 14.1. The van der Waals surface area contributed by atoms with E-state index in [0.29, 0.717) is 0 Å². The molecule has 0 aliphatic heterocycles. The Balaban J connectivity index is 2.59. The average molecular weight is 308 g/mol. The molecule has 2 rings (SSSR count). The maximum atomic E-state index is 2.42. The molecule has 0 unspecified atom stereocenters. The highest BCUT2D eigenvalue weighted by Gasteiger charge is 2.04. The standard InChI is InChI=1S/C14H13I/c1-11-6-2-4-8-13(11)14-9-5-3-7-12(14)10-15/h2-9H,10H2,1H3. The molecule has 0 N–H and O–H groups in total. The maximum Gasteiger partial charge on any atom is 0.0253 e. The Hall–Kier alpha value is -0.830. The zero-order chi connectivity index (χ0) is 10.7. The molecule has 2 aromatic carbocycles. The first-order chi connectivity index (χ1) is 7.33. The molecule has 0 aliphatic carbocycles. The van der Waals surface area contributed by atoms with E-state index in [1.165, 1.54) is 22.3 Å². The van der Waals surface area contributed by atoms with Crippen LogP contribution in [0.1, 0.15) is 11.1 Å². The monoisotopic (exact) mass is 308 g/mol. The second-order valence-electron chi connectivity index (χ2n) is 3.61. The minimum absolute atomic E-state index is 1.06. The third kappa shape index (κ3) is 2.23. The summed E-state index contributed by atoms with van der Waals surface area (Å²) in [5, 5.41) is 0. The number of hydrogen-bond acceptors (Lipinski definition) is 0. The lowest BCUT2D eigenvalue weighted by atomic mass is 9.97. The summed E-state index contributed by atoms with van der Waals surface area (Å²) < 4.78 is 1.06. The van der Waals surface area contributed by atoms with Gasteiger partial charge in [0.25, 0.3) is 0 Å². The highest BCUT2D eigenvalue weighted by Crippen LogP contribution is 2.27. The molecule has 0 heterocycles. The number of rotatable bonds is 2. The Morgan fingerprint density at radius 3 is 2.13 bits per heavy atom. The molecule has 0 nitrogen and oxygen atoms in total. The van der Waals surface area contributed by atoms with Gasteiger partial charge in [0.2, 0.25) is 0 Å². The number of aryl methyl sites for hydroxylation is 1. The van der Waals surface area contributed by atoms with Crippen LogP contribution in [0, 0.1) is 6.92 Å². The predicted octanol–water partition coefficient (Wildman–Crippen LogP) is 4.60. The minimum atomic E-state index is 1.06. The Labute approximate surface area is 104 Å². The first kappa shape index (κ1) is 10.7. The van der Waals surface area contributed by atoms with Crippen molar-refractivity contribution in [3.63, 3.8) is 0 Å². The number of benzene rings is 2. The molecule has 2 aromatic rings. The van der Waals surface area contributed by atoms with Crippen LogP contribution in [0.25, 0.3) is 11.1 Å². The summed E-state index contributed by atoms with van der Waals surface area (Å²) in [6, 6.07) is 17.2. The van der Waals surface area contributed by atoms with Crippen LogP contribution in [0.5, 0.6) is 0 Å². The van der Waals surface area contributed by atoms with Gasteiger partial charge in [-0.15, -0.1) is 0 Å². The van der Waals surface area contributed by atoms with Crippen LogP contribution in [0.2, 0.25) is 0 Å². The zero-order valence-electron chi connectivity index (χ0n) is 8.70. The van der Waals surface area contributed by atoms with Gasteiger partial charge >= 0.3 is 0 Å². The fourth-order valence-corrected chi connectivity index (χ4v) is 2.44. The average Bonchev–Trinajstić information content (AvgIpc) is 2.30. The summed E-state index contributed by atoms with van der Waals surface area (Å²) in [6.07, 6.45) is 0. The molecule has 0 aromatic heterocycles. The van der Waals surface area contributed by atoms with Crippen LogP contribution >= 0.6 is 22.6 Å². The molecule has 0 aliphatic rings. The molecule has 0 saturated heterocycles. The van der Waals surface area contributed by atoms with Crippen molar-refractivity contribution < 1.29 is 0 Å². The van der Waals surface area contributed by atoms with Gasteiger partial charge in [-0.05, 0) is 29.2 Å². The molecular weight excluding hydrogens is 295 g/mol. The Morgan fingerprint density at radius 1 is 0.867 bits per heavy atom. The maximum absolute atomic E-state index is 2.42. The van der Waals surface area contributed by atoms with Crippen LogP contribution in [0.15, 0.2) is 48.5 Å². The van der Waals surface area contributed by atoms with E-state index in [4.69, 9.17) is 0 Å². The molecule has 0 bridgehead atoms. The van der Waals surface area contributed by atoms with Crippen molar-refractivity contribution in [3.8, 4) is 11.1 Å². The third-order valence-corrected chi connectivity index (χ3v) is 3.42. The zero-order valence-corrected chi connectivity index (χ0v) is 10.9. The van der Waals surface area contributed by atoms with Gasteiger partial charge in [0.05, 0.1) is 0 Å². The summed E-state index contributed by atoms with van der Waals surface area (Å²) in [5.74, 6) is 0. The van der Waals surface area contributed by atoms with Gasteiger partial charge in [0, 0.05) is 4.43 Å². The lowest BCUT2D eigenvalue weighted by Gasteiger charge is -2.09. The number of hydrogen-bond donors (Lipinski definition) is 0. The number of halogens is 1. The topological polar surface area (TPSA) is 0 Å². The van der Waals surface area contributed by atoms with Gasteiger partial charge in [0.15, 0.2) is 0 Å². The van der Waals surface area contributed by atoms with Gasteiger partial charge in [-0.1, -0.05) is 71.1 Å². The van der Waals surface area contributed by atoms with Gasteiger partial charge < -0.3 is 0 Å². The number of alkyl halides is 1. The molecule has 1 heteroatoms. The molecule has 0 saturated carbocycles. The van der Waals surface area contributed by atoms with Crippen LogP contribution in [0.3, 0.4) is 0 Å². The van der Waals surface area contributed by atoms with E-state index in [9.17, 15) is 0 Å². The van der Waals surface area contributed by atoms with Crippen molar-refractivity contribution in [2.45, 2.75) is 11.4 Å². The van der Waals surface area contributed by atoms with Crippen molar-refractivity contribution in [2.24, 2.45) is 0 Å². The van der Waals surface area contributed by atoms with Gasteiger partial charge in [-0.3, -0.25) is 0 Å². The van der Waals surface area contributed by atoms with E-state index in [1.54, 1.807) is 0 Å². The molecule has 0 atom stereocenters. The Kier molecular flexibility index (Phi) is 3.41. The van der Waals surface area contributed by atoms with Crippen molar-refractivity contribution in [1.82, 2.24) is 0 Å². The SMILES string of the molecule is Cc1ccccc1-c1ccccc1CI. The molecule has 0 radical (unpaired) electrons. The summed E-state index contributed by atoms with van der Waals surface area (Å²) in [7, 11) is 0. The molecule has 0 fully saturated rings. The van der Waals surface area contributed by atoms with Crippen LogP contribution < -0.4 is 0 Å². The highest BCUT2D eigenvalue weighted by atomic mass is 127. The molecule has 76 valence electrons. The fourth-order valence-electron chi connectivity index (χ4n) is 1.77. The van der Waals surface area contributed by atoms with E-state index in [2.05, 4.69) is 78.0 Å². The molecule has 0 amide bonds. The van der Waals surface area contributed by atoms with Crippen molar-refractivity contribution >= 4 is 22.6 Å². The van der Waals surface area contributed by atoms with Gasteiger partial charge in [0.1, 0.15) is 0 Å². The smallest absolute Gasteiger partial charge is 0.0253 e. The second kappa shape index (κ2) is 4.79. The van der Waals surface area contributed by atoms with Gasteiger partial charge in [-0.25, -0.2) is 0 Å². The third-order valence-electron chi connectivity index (χ3n) is 2.60. The van der Waals surface area contributed by atoms with Gasteiger partial charge in [-0.2, -0.15) is 0 Å².